The third kappa shape index (κ3) is 2.10. The van der Waals surface area contributed by atoms with Gasteiger partial charge in [0.2, 0.25) is 0 Å². The number of hydrogen-bond acceptors (Lipinski definition) is 6. The summed E-state index contributed by atoms with van der Waals surface area (Å²) in [4.78, 5) is 14.1. The van der Waals surface area contributed by atoms with Crippen LogP contribution in [0.5, 0.6) is 0 Å². The van der Waals surface area contributed by atoms with Crippen molar-refractivity contribution in [2.45, 2.75) is 0 Å². The molecule has 0 aliphatic rings. The molecule has 1 aromatic carbocycles. The van der Waals surface area contributed by atoms with Gasteiger partial charge >= 0.3 is 0 Å². The number of nitrogens with one attached hydrogen (secondary N) is 1. The maximum atomic E-state index is 10.00. The molecule has 0 radical (unpaired) electrons. The quantitative estimate of drug-likeness (QED) is 0.466. The number of fused-ring (bicyclic) bond motifs is 1. The van der Waals surface area contributed by atoms with Gasteiger partial charge in [0.05, 0.1) is 22.1 Å². The van der Waals surface area contributed by atoms with E-state index in [0.717, 1.165) is 22.1 Å². The molecule has 6 heteroatoms. The Balaban J connectivity index is 2.29. The Morgan fingerprint density at radius 1 is 1.53 bits per heavy atom. The summed E-state index contributed by atoms with van der Waals surface area (Å²) in [5, 5.41) is 4.22. The molecule has 0 aliphatic carbocycles. The predicted molar refractivity (Wildman–Crippen MR) is 62.2 cm³/mol. The Labute approximate surface area is 89.6 Å². The second-order valence-electron chi connectivity index (χ2n) is 2.76. The highest BCUT2D eigenvalue weighted by Gasteiger charge is 2.00. The van der Waals surface area contributed by atoms with Gasteiger partial charge < -0.3 is 5.73 Å². The van der Waals surface area contributed by atoms with E-state index in [0.29, 0.717) is 11.4 Å². The lowest BCUT2D eigenvalue weighted by Crippen LogP contribution is -1.88. The number of anilines is 2. The average Bonchev–Trinajstić information content (AvgIpc) is 2.57. The molecule has 0 saturated heterocycles. The highest BCUT2D eigenvalue weighted by molar-refractivity contribution is 7.22. The number of benzene rings is 1. The largest absolute Gasteiger partial charge is 0.375 e. The van der Waals surface area contributed by atoms with Crippen LogP contribution in [0.2, 0.25) is 0 Å². The first-order valence-electron chi connectivity index (χ1n) is 4.18. The number of carbonyl (C=O) groups is 1. The van der Waals surface area contributed by atoms with Crippen molar-refractivity contribution in [1.29, 1.82) is 0 Å². The molecule has 2 aromatic rings. The zero-order chi connectivity index (χ0) is 10.7. The van der Waals surface area contributed by atoms with Crippen LogP contribution in [0.1, 0.15) is 0 Å². The van der Waals surface area contributed by atoms with Gasteiger partial charge in [-0.05, 0) is 18.2 Å². The number of hydrogen-bond donors (Lipinski definition) is 2. The second kappa shape index (κ2) is 4.05. The maximum absolute atomic E-state index is 10.00. The Morgan fingerprint density at radius 3 is 3.20 bits per heavy atom. The van der Waals surface area contributed by atoms with E-state index in [4.69, 9.17) is 5.73 Å². The van der Waals surface area contributed by atoms with Gasteiger partial charge in [0.25, 0.3) is 0 Å². The van der Waals surface area contributed by atoms with Crippen molar-refractivity contribution < 1.29 is 4.79 Å². The lowest BCUT2D eigenvalue weighted by molar-refractivity contribution is -0.102. The van der Waals surface area contributed by atoms with Crippen LogP contribution >= 0.6 is 11.3 Å². The Hall–Kier alpha value is -1.95. The fourth-order valence-corrected chi connectivity index (χ4v) is 1.93. The van der Waals surface area contributed by atoms with Crippen LogP contribution in [-0.2, 0) is 4.79 Å². The average molecular weight is 220 g/mol. The molecular formula is C9H8N4OS. The molecule has 0 atom stereocenters. The van der Waals surface area contributed by atoms with E-state index in [2.05, 4.69) is 15.5 Å². The zero-order valence-corrected chi connectivity index (χ0v) is 8.49. The topological polar surface area (TPSA) is 80.4 Å². The smallest absolute Gasteiger partial charge is 0.181 e. The van der Waals surface area contributed by atoms with Crippen LogP contribution in [0.3, 0.4) is 0 Å². The maximum Gasteiger partial charge on any atom is 0.181 e. The molecule has 0 amide bonds. The minimum Gasteiger partial charge on any atom is -0.375 e. The number of hydrazone groups is 1. The third-order valence-corrected chi connectivity index (χ3v) is 2.58. The van der Waals surface area contributed by atoms with Crippen molar-refractivity contribution in [3.8, 4) is 0 Å². The summed E-state index contributed by atoms with van der Waals surface area (Å²) in [7, 11) is 0. The van der Waals surface area contributed by atoms with E-state index in [9.17, 15) is 4.79 Å². The van der Waals surface area contributed by atoms with Crippen molar-refractivity contribution in [2.24, 2.45) is 5.10 Å². The highest BCUT2D eigenvalue weighted by atomic mass is 32.1. The van der Waals surface area contributed by atoms with E-state index in [1.165, 1.54) is 11.3 Å². The number of rotatable bonds is 3. The van der Waals surface area contributed by atoms with Crippen molar-refractivity contribution in [1.82, 2.24) is 4.98 Å². The molecule has 76 valence electrons. The Morgan fingerprint density at radius 2 is 2.40 bits per heavy atom. The van der Waals surface area contributed by atoms with Gasteiger partial charge in [-0.2, -0.15) is 5.10 Å². The molecule has 0 fully saturated rings. The van der Waals surface area contributed by atoms with Crippen molar-refractivity contribution in [2.75, 3.05) is 11.2 Å². The van der Waals surface area contributed by atoms with E-state index in [1.54, 1.807) is 0 Å². The fraction of sp³-hybridized carbons (Fsp3) is 0. The van der Waals surface area contributed by atoms with Gasteiger partial charge in [0.15, 0.2) is 11.4 Å². The number of nitrogens with zero attached hydrogens (tertiary/aromatic N) is 2. The minimum absolute atomic E-state index is 0.540. The van der Waals surface area contributed by atoms with Crippen LogP contribution in [0.15, 0.2) is 23.3 Å². The van der Waals surface area contributed by atoms with Gasteiger partial charge in [-0.15, -0.1) is 0 Å². The van der Waals surface area contributed by atoms with E-state index in [1.807, 2.05) is 18.2 Å². The van der Waals surface area contributed by atoms with Crippen LogP contribution in [-0.4, -0.2) is 17.5 Å². The minimum atomic E-state index is 0.540. The molecule has 3 N–H and O–H groups in total. The molecule has 0 spiro atoms. The summed E-state index contributed by atoms with van der Waals surface area (Å²) in [6, 6.07) is 5.55. The van der Waals surface area contributed by atoms with E-state index < -0.39 is 0 Å². The van der Waals surface area contributed by atoms with E-state index in [-0.39, 0.29) is 0 Å². The zero-order valence-electron chi connectivity index (χ0n) is 7.68. The number of nitrogen functional groups attached to an aromatic ring is 1. The molecule has 5 nitrogen and oxygen atoms in total. The van der Waals surface area contributed by atoms with Crippen LogP contribution < -0.4 is 11.2 Å². The number of carbonyl (C=O) groups excluding carboxylic acids is 1. The lowest BCUT2D eigenvalue weighted by atomic mass is 10.3. The summed E-state index contributed by atoms with van der Waals surface area (Å²) in [6.45, 7) is 0. The summed E-state index contributed by atoms with van der Waals surface area (Å²) < 4.78 is 0.985. The SMILES string of the molecule is Nc1nc2ccc(N/N=C/C=O)cc2s1. The Kier molecular flexibility index (Phi) is 2.59. The first kappa shape index (κ1) is 9.60. The molecule has 0 unspecified atom stereocenters. The summed E-state index contributed by atoms with van der Waals surface area (Å²) in [6.07, 6.45) is 1.75. The van der Waals surface area contributed by atoms with Gasteiger partial charge in [-0.3, -0.25) is 10.2 Å². The van der Waals surface area contributed by atoms with Crippen molar-refractivity contribution >= 4 is 44.9 Å². The van der Waals surface area contributed by atoms with E-state index >= 15 is 0 Å². The normalized spacial score (nSPS) is 10.9. The van der Waals surface area contributed by atoms with Gasteiger partial charge in [-0.1, -0.05) is 11.3 Å². The molecule has 1 aromatic heterocycles. The molecule has 2 rings (SSSR count). The summed E-state index contributed by atoms with van der Waals surface area (Å²) in [5.41, 5.74) is 9.96. The summed E-state index contributed by atoms with van der Waals surface area (Å²) >= 11 is 1.41. The van der Waals surface area contributed by atoms with Crippen molar-refractivity contribution in [3.63, 3.8) is 0 Å². The predicted octanol–water partition coefficient (Wildman–Crippen LogP) is 1.48. The molecule has 0 aliphatic heterocycles. The van der Waals surface area contributed by atoms with Crippen LogP contribution in [0.25, 0.3) is 10.2 Å². The van der Waals surface area contributed by atoms with Gasteiger partial charge in [0.1, 0.15) is 0 Å². The highest BCUT2D eigenvalue weighted by Crippen LogP contribution is 2.26. The molecule has 0 saturated carbocycles. The molecule has 15 heavy (non-hydrogen) atoms. The van der Waals surface area contributed by atoms with Crippen LogP contribution in [0, 0.1) is 0 Å². The Bertz CT molecular complexity index is 520. The first-order valence-corrected chi connectivity index (χ1v) is 5.00. The summed E-state index contributed by atoms with van der Waals surface area (Å²) in [5.74, 6) is 0. The van der Waals surface area contributed by atoms with Gasteiger partial charge in [0, 0.05) is 0 Å². The number of nitrogens with two attached hydrogens (primary N) is 1. The number of aromatic nitrogens is 1. The molecule has 1 heterocycles. The number of aldehydes is 1. The van der Waals surface area contributed by atoms with Crippen molar-refractivity contribution in [3.05, 3.63) is 18.2 Å². The number of thiazole rings is 1. The van der Waals surface area contributed by atoms with Gasteiger partial charge in [-0.25, -0.2) is 4.98 Å². The lowest BCUT2D eigenvalue weighted by Gasteiger charge is -1.97. The fourth-order valence-electron chi connectivity index (χ4n) is 1.15. The standard InChI is InChI=1S/C9H8N4OS/c10-9-12-7-2-1-6(5-8(7)15-9)13-11-3-4-14/h1-5,13H,(H2,10,12)/b11-3+. The third-order valence-electron chi connectivity index (χ3n) is 1.73. The second-order valence-corrected chi connectivity index (χ2v) is 3.82. The molecule has 0 bridgehead atoms. The first-order chi connectivity index (χ1) is 7.29. The molecular weight excluding hydrogens is 212 g/mol. The van der Waals surface area contributed by atoms with Crippen LogP contribution in [0.4, 0.5) is 10.8 Å². The monoisotopic (exact) mass is 220 g/mol.